The highest BCUT2D eigenvalue weighted by Gasteiger charge is 2.13. The first-order chi connectivity index (χ1) is 10.1. The van der Waals surface area contributed by atoms with Crippen molar-refractivity contribution in [1.29, 1.82) is 0 Å². The number of carbonyl (C=O) groups excluding carboxylic acids is 1. The number of nitrogen functional groups attached to an aromatic ring is 1. The number of aromatic nitrogens is 1. The molecule has 21 heavy (non-hydrogen) atoms. The van der Waals surface area contributed by atoms with Gasteiger partial charge in [0.25, 0.3) is 0 Å². The maximum Gasteiger partial charge on any atom is 0.341 e. The minimum atomic E-state index is -0.484. The van der Waals surface area contributed by atoms with E-state index in [4.69, 9.17) is 10.5 Å². The Morgan fingerprint density at radius 2 is 2.10 bits per heavy atom. The van der Waals surface area contributed by atoms with Gasteiger partial charge in [-0.1, -0.05) is 12.1 Å². The van der Waals surface area contributed by atoms with Crippen LogP contribution >= 0.6 is 0 Å². The number of rotatable bonds is 5. The fourth-order valence-electron chi connectivity index (χ4n) is 1.88. The van der Waals surface area contributed by atoms with Gasteiger partial charge in [0.05, 0.1) is 19.0 Å². The average Bonchev–Trinajstić information content (AvgIpc) is 2.50. The highest BCUT2D eigenvalue weighted by molar-refractivity contribution is 5.95. The van der Waals surface area contributed by atoms with Gasteiger partial charge in [-0.05, 0) is 30.2 Å². The lowest BCUT2D eigenvalue weighted by atomic mass is 10.1. The summed E-state index contributed by atoms with van der Waals surface area (Å²) >= 11 is 0. The number of hydrogen-bond donors (Lipinski definition) is 3. The molecule has 0 amide bonds. The van der Waals surface area contributed by atoms with Crippen LogP contribution in [0.15, 0.2) is 36.5 Å². The van der Waals surface area contributed by atoms with Crippen LogP contribution in [0, 0.1) is 0 Å². The minimum absolute atomic E-state index is 0.236. The summed E-state index contributed by atoms with van der Waals surface area (Å²) < 4.78 is 4.71. The van der Waals surface area contributed by atoms with Gasteiger partial charge in [0.1, 0.15) is 17.1 Å². The molecule has 0 fully saturated rings. The molecule has 1 aromatic heterocycles. The number of anilines is 2. The first-order valence-electron chi connectivity index (χ1n) is 6.46. The van der Waals surface area contributed by atoms with Crippen LogP contribution in [0.3, 0.4) is 0 Å². The van der Waals surface area contributed by atoms with Crippen LogP contribution in [0.2, 0.25) is 0 Å². The second-order valence-corrected chi connectivity index (χ2v) is 4.50. The summed E-state index contributed by atoms with van der Waals surface area (Å²) in [6.45, 7) is 0.589. The number of nitrogens with zero attached hydrogens (tertiary/aromatic N) is 1. The van der Waals surface area contributed by atoms with Gasteiger partial charge in [0.2, 0.25) is 0 Å². The first-order valence-corrected chi connectivity index (χ1v) is 6.46. The van der Waals surface area contributed by atoms with E-state index in [0.29, 0.717) is 23.6 Å². The van der Waals surface area contributed by atoms with Crippen molar-refractivity contribution in [3.63, 3.8) is 0 Å². The topological polar surface area (TPSA) is 97.5 Å². The van der Waals surface area contributed by atoms with Crippen molar-refractivity contribution >= 4 is 17.5 Å². The van der Waals surface area contributed by atoms with Crippen LogP contribution in [0.5, 0.6) is 5.75 Å². The minimum Gasteiger partial charge on any atom is -0.508 e. The molecule has 1 heterocycles. The number of methoxy groups -OCH3 is 1. The molecule has 2 aromatic rings. The predicted molar refractivity (Wildman–Crippen MR) is 80.3 cm³/mol. The van der Waals surface area contributed by atoms with E-state index in [2.05, 4.69) is 10.3 Å². The number of benzene rings is 1. The molecule has 110 valence electrons. The summed E-state index contributed by atoms with van der Waals surface area (Å²) in [4.78, 5) is 15.8. The molecule has 4 N–H and O–H groups in total. The fourth-order valence-corrected chi connectivity index (χ4v) is 1.88. The molecule has 0 aliphatic heterocycles. The Morgan fingerprint density at radius 1 is 1.38 bits per heavy atom. The Bertz CT molecular complexity index is 627. The number of phenolic OH excluding ortho intramolecular Hbond substituents is 1. The van der Waals surface area contributed by atoms with Crippen LogP contribution in [0.25, 0.3) is 0 Å². The van der Waals surface area contributed by atoms with Gasteiger partial charge in [0.15, 0.2) is 0 Å². The third-order valence-electron chi connectivity index (χ3n) is 2.96. The van der Waals surface area contributed by atoms with Crippen LogP contribution in [0.4, 0.5) is 11.5 Å². The third kappa shape index (κ3) is 3.85. The maximum atomic E-state index is 11.7. The molecular formula is C15H17N3O3. The van der Waals surface area contributed by atoms with E-state index in [-0.39, 0.29) is 5.75 Å². The number of hydrogen-bond acceptors (Lipinski definition) is 6. The van der Waals surface area contributed by atoms with Crippen molar-refractivity contribution in [2.24, 2.45) is 0 Å². The van der Waals surface area contributed by atoms with Crippen LogP contribution in [-0.4, -0.2) is 29.7 Å². The molecule has 0 saturated carbocycles. The average molecular weight is 287 g/mol. The molecule has 0 radical (unpaired) electrons. The zero-order chi connectivity index (χ0) is 15.2. The van der Waals surface area contributed by atoms with Gasteiger partial charge < -0.3 is 20.9 Å². The number of phenols is 1. The third-order valence-corrected chi connectivity index (χ3v) is 2.96. The predicted octanol–water partition coefficient (Wildman–Crippen LogP) is 1.81. The number of pyridine rings is 1. The molecule has 0 atom stereocenters. The van der Waals surface area contributed by atoms with Crippen molar-refractivity contribution < 1.29 is 14.6 Å². The van der Waals surface area contributed by atoms with E-state index in [1.54, 1.807) is 12.1 Å². The van der Waals surface area contributed by atoms with E-state index >= 15 is 0 Å². The zero-order valence-electron chi connectivity index (χ0n) is 11.7. The van der Waals surface area contributed by atoms with Crippen LogP contribution in [-0.2, 0) is 11.2 Å². The Kier molecular flexibility index (Phi) is 4.61. The number of esters is 1. The summed E-state index contributed by atoms with van der Waals surface area (Å²) in [5.74, 6) is 0.191. The van der Waals surface area contributed by atoms with Crippen molar-refractivity contribution in [3.05, 3.63) is 47.7 Å². The smallest absolute Gasteiger partial charge is 0.341 e. The van der Waals surface area contributed by atoms with Gasteiger partial charge in [0, 0.05) is 6.54 Å². The summed E-state index contributed by atoms with van der Waals surface area (Å²) in [5.41, 5.74) is 7.41. The molecule has 0 spiro atoms. The highest BCUT2D eigenvalue weighted by Crippen LogP contribution is 2.17. The maximum absolute atomic E-state index is 11.7. The number of nitrogens with two attached hydrogens (primary N) is 1. The van der Waals surface area contributed by atoms with Gasteiger partial charge in [-0.15, -0.1) is 0 Å². The second kappa shape index (κ2) is 6.60. The molecule has 0 unspecified atom stereocenters. The Labute approximate surface area is 122 Å². The second-order valence-electron chi connectivity index (χ2n) is 4.50. The molecule has 0 saturated heterocycles. The molecule has 0 aliphatic rings. The Balaban J connectivity index is 2.02. The largest absolute Gasteiger partial charge is 0.508 e. The normalized spacial score (nSPS) is 10.1. The lowest BCUT2D eigenvalue weighted by molar-refractivity contribution is 0.0601. The number of ether oxygens (including phenoxy) is 1. The molecule has 6 heteroatoms. The highest BCUT2D eigenvalue weighted by atomic mass is 16.5. The Hall–Kier alpha value is -2.76. The van der Waals surface area contributed by atoms with E-state index in [0.717, 1.165) is 12.0 Å². The zero-order valence-corrected chi connectivity index (χ0v) is 11.7. The van der Waals surface area contributed by atoms with E-state index in [1.807, 2.05) is 12.1 Å². The van der Waals surface area contributed by atoms with E-state index in [9.17, 15) is 9.90 Å². The molecule has 6 nitrogen and oxygen atoms in total. The van der Waals surface area contributed by atoms with Gasteiger partial charge in [-0.25, -0.2) is 9.78 Å². The van der Waals surface area contributed by atoms with Gasteiger partial charge >= 0.3 is 5.97 Å². The molecule has 0 bridgehead atoms. The Morgan fingerprint density at radius 3 is 2.76 bits per heavy atom. The van der Waals surface area contributed by atoms with E-state index in [1.165, 1.54) is 19.4 Å². The van der Waals surface area contributed by atoms with Crippen molar-refractivity contribution in [3.8, 4) is 5.75 Å². The van der Waals surface area contributed by atoms with Crippen molar-refractivity contribution in [2.75, 3.05) is 24.7 Å². The first kappa shape index (κ1) is 14.6. The lowest BCUT2D eigenvalue weighted by Gasteiger charge is -2.10. The molecule has 2 rings (SSSR count). The number of carbonyl (C=O) groups is 1. The van der Waals surface area contributed by atoms with Crippen molar-refractivity contribution in [1.82, 2.24) is 4.98 Å². The standard InChI is InChI=1S/C15H17N3O3/c1-21-15(20)13-8-11(16)9-18-14(13)17-7-6-10-2-4-12(19)5-3-10/h2-5,8-9,19H,6-7,16H2,1H3,(H,17,18). The van der Waals surface area contributed by atoms with Crippen LogP contribution in [0.1, 0.15) is 15.9 Å². The molecule has 0 aliphatic carbocycles. The van der Waals surface area contributed by atoms with Gasteiger partial charge in [-0.3, -0.25) is 0 Å². The molecular weight excluding hydrogens is 270 g/mol. The quantitative estimate of drug-likeness (QED) is 0.726. The van der Waals surface area contributed by atoms with Crippen molar-refractivity contribution in [2.45, 2.75) is 6.42 Å². The SMILES string of the molecule is COC(=O)c1cc(N)cnc1NCCc1ccc(O)cc1. The summed E-state index contributed by atoms with van der Waals surface area (Å²) in [6.07, 6.45) is 2.21. The van der Waals surface area contributed by atoms with E-state index < -0.39 is 5.97 Å². The summed E-state index contributed by atoms with van der Waals surface area (Å²) in [7, 11) is 1.31. The summed E-state index contributed by atoms with van der Waals surface area (Å²) in [5, 5.41) is 12.3. The lowest BCUT2D eigenvalue weighted by Crippen LogP contribution is -2.13. The number of aromatic hydroxyl groups is 1. The van der Waals surface area contributed by atoms with Crippen LogP contribution < -0.4 is 11.1 Å². The fraction of sp³-hybridized carbons (Fsp3) is 0.200. The monoisotopic (exact) mass is 287 g/mol. The number of nitrogens with one attached hydrogen (secondary N) is 1. The van der Waals surface area contributed by atoms with Gasteiger partial charge in [-0.2, -0.15) is 0 Å². The molecule has 1 aromatic carbocycles. The summed E-state index contributed by atoms with van der Waals surface area (Å²) in [6, 6.07) is 8.48.